The van der Waals surface area contributed by atoms with Crippen molar-refractivity contribution in [1.29, 1.82) is 0 Å². The summed E-state index contributed by atoms with van der Waals surface area (Å²) < 4.78 is 0. The molecular weight excluding hydrogens is 314 g/mol. The minimum absolute atomic E-state index is 0.191. The van der Waals surface area contributed by atoms with Crippen LogP contribution in [0.3, 0.4) is 0 Å². The molecule has 2 amide bonds. The van der Waals surface area contributed by atoms with Crippen LogP contribution in [-0.4, -0.2) is 23.3 Å². The fourth-order valence-electron chi connectivity index (χ4n) is 2.33. The van der Waals surface area contributed by atoms with Gasteiger partial charge in [-0.1, -0.05) is 26.0 Å². The number of aromatic nitrogens is 1. The van der Waals surface area contributed by atoms with Crippen LogP contribution in [0.25, 0.3) is 0 Å². The van der Waals surface area contributed by atoms with Crippen LogP contribution >= 0.6 is 0 Å². The summed E-state index contributed by atoms with van der Waals surface area (Å²) in [5.41, 5.74) is 3.44. The Morgan fingerprint density at radius 3 is 2.56 bits per heavy atom. The molecule has 0 aliphatic heterocycles. The van der Waals surface area contributed by atoms with Crippen LogP contribution < -0.4 is 10.6 Å². The molecule has 0 saturated heterocycles. The first-order valence-electron chi connectivity index (χ1n) is 8.49. The molecule has 0 fully saturated rings. The number of carbonyl (C=O) groups is 2. The molecule has 2 rings (SSSR count). The molecule has 0 unspecified atom stereocenters. The van der Waals surface area contributed by atoms with Crippen molar-refractivity contribution in [2.24, 2.45) is 5.92 Å². The van der Waals surface area contributed by atoms with Crippen LogP contribution in [-0.2, 0) is 0 Å². The van der Waals surface area contributed by atoms with Gasteiger partial charge >= 0.3 is 0 Å². The minimum Gasteiger partial charge on any atom is -0.352 e. The van der Waals surface area contributed by atoms with Gasteiger partial charge in [0.1, 0.15) is 5.69 Å². The van der Waals surface area contributed by atoms with Gasteiger partial charge in [-0.3, -0.25) is 14.6 Å². The van der Waals surface area contributed by atoms with Gasteiger partial charge in [-0.15, -0.1) is 0 Å². The molecule has 1 heterocycles. The second-order valence-electron chi connectivity index (χ2n) is 6.64. The summed E-state index contributed by atoms with van der Waals surface area (Å²) >= 11 is 0. The third-order valence-corrected chi connectivity index (χ3v) is 3.90. The van der Waals surface area contributed by atoms with Gasteiger partial charge in [-0.25, -0.2) is 0 Å². The zero-order chi connectivity index (χ0) is 18.4. The highest BCUT2D eigenvalue weighted by molar-refractivity contribution is 6.05. The number of benzene rings is 1. The Morgan fingerprint density at radius 2 is 1.84 bits per heavy atom. The fourth-order valence-corrected chi connectivity index (χ4v) is 2.33. The van der Waals surface area contributed by atoms with E-state index < -0.39 is 0 Å². The van der Waals surface area contributed by atoms with E-state index in [2.05, 4.69) is 29.5 Å². The van der Waals surface area contributed by atoms with Crippen molar-refractivity contribution >= 4 is 17.5 Å². The van der Waals surface area contributed by atoms with Crippen molar-refractivity contribution in [3.05, 3.63) is 58.9 Å². The zero-order valence-corrected chi connectivity index (χ0v) is 15.2. The maximum absolute atomic E-state index is 12.5. The van der Waals surface area contributed by atoms with E-state index in [0.29, 0.717) is 18.0 Å². The van der Waals surface area contributed by atoms with Gasteiger partial charge in [0.15, 0.2) is 0 Å². The molecule has 0 aliphatic rings. The summed E-state index contributed by atoms with van der Waals surface area (Å²) in [4.78, 5) is 28.7. The SMILES string of the molecule is Cc1ccc(C)c(NC(=O)c2cc(C(=O)NCCC(C)C)ccn2)c1. The molecule has 0 spiro atoms. The first-order chi connectivity index (χ1) is 11.9. The van der Waals surface area contributed by atoms with Crippen LogP contribution in [0.2, 0.25) is 0 Å². The maximum atomic E-state index is 12.5. The molecule has 5 heteroatoms. The topological polar surface area (TPSA) is 71.1 Å². The average Bonchev–Trinajstić information content (AvgIpc) is 2.57. The lowest BCUT2D eigenvalue weighted by Crippen LogP contribution is -2.26. The summed E-state index contributed by atoms with van der Waals surface area (Å²) in [7, 11) is 0. The number of hydrogen-bond acceptors (Lipinski definition) is 3. The number of carbonyl (C=O) groups excluding carboxylic acids is 2. The molecular formula is C20H25N3O2. The van der Waals surface area contributed by atoms with E-state index in [1.54, 1.807) is 6.07 Å². The van der Waals surface area contributed by atoms with E-state index >= 15 is 0 Å². The first kappa shape index (κ1) is 18.6. The lowest BCUT2D eigenvalue weighted by Gasteiger charge is -2.10. The first-order valence-corrected chi connectivity index (χ1v) is 8.49. The van der Waals surface area contributed by atoms with E-state index in [4.69, 9.17) is 0 Å². The smallest absolute Gasteiger partial charge is 0.274 e. The summed E-state index contributed by atoms with van der Waals surface area (Å²) in [6.07, 6.45) is 2.40. The van der Waals surface area contributed by atoms with E-state index in [9.17, 15) is 9.59 Å². The summed E-state index contributed by atoms with van der Waals surface area (Å²) in [6, 6.07) is 8.99. The second-order valence-corrected chi connectivity index (χ2v) is 6.64. The van der Waals surface area contributed by atoms with E-state index in [0.717, 1.165) is 23.2 Å². The fraction of sp³-hybridized carbons (Fsp3) is 0.350. The average molecular weight is 339 g/mol. The van der Waals surface area contributed by atoms with Crippen LogP contribution in [0, 0.1) is 19.8 Å². The zero-order valence-electron chi connectivity index (χ0n) is 15.2. The Balaban J connectivity index is 2.08. The van der Waals surface area contributed by atoms with Crippen molar-refractivity contribution < 1.29 is 9.59 Å². The number of amides is 2. The van der Waals surface area contributed by atoms with E-state index in [-0.39, 0.29) is 17.5 Å². The minimum atomic E-state index is -0.328. The molecule has 1 aromatic carbocycles. The number of nitrogens with one attached hydrogen (secondary N) is 2. The number of hydrogen-bond donors (Lipinski definition) is 2. The summed E-state index contributed by atoms with van der Waals surface area (Å²) in [6.45, 7) is 8.72. The van der Waals surface area contributed by atoms with Gasteiger partial charge in [0.05, 0.1) is 0 Å². The van der Waals surface area contributed by atoms with Crippen molar-refractivity contribution in [2.75, 3.05) is 11.9 Å². The molecule has 2 aromatic rings. The van der Waals surface area contributed by atoms with Crippen LogP contribution in [0.1, 0.15) is 52.2 Å². The number of aryl methyl sites for hydroxylation is 2. The van der Waals surface area contributed by atoms with Gasteiger partial charge in [-0.05, 0) is 55.5 Å². The lowest BCUT2D eigenvalue weighted by atomic mass is 10.1. The van der Waals surface area contributed by atoms with Crippen LogP contribution in [0.4, 0.5) is 5.69 Å². The molecule has 0 aliphatic carbocycles. The Bertz CT molecular complexity index is 769. The molecule has 0 atom stereocenters. The number of pyridine rings is 1. The number of rotatable bonds is 6. The normalized spacial score (nSPS) is 10.6. The summed E-state index contributed by atoms with van der Waals surface area (Å²) in [5.74, 6) is 0.00557. The number of nitrogens with zero attached hydrogens (tertiary/aromatic N) is 1. The third kappa shape index (κ3) is 5.41. The molecule has 0 radical (unpaired) electrons. The van der Waals surface area contributed by atoms with Gasteiger partial charge < -0.3 is 10.6 Å². The molecule has 0 bridgehead atoms. The van der Waals surface area contributed by atoms with Gasteiger partial charge in [-0.2, -0.15) is 0 Å². The van der Waals surface area contributed by atoms with Crippen LogP contribution in [0.15, 0.2) is 36.5 Å². The molecule has 5 nitrogen and oxygen atoms in total. The lowest BCUT2D eigenvalue weighted by molar-refractivity contribution is 0.0952. The Hall–Kier alpha value is -2.69. The second kappa shape index (κ2) is 8.42. The van der Waals surface area contributed by atoms with Gasteiger partial charge in [0.2, 0.25) is 0 Å². The summed E-state index contributed by atoms with van der Waals surface area (Å²) in [5, 5.41) is 5.72. The van der Waals surface area contributed by atoms with Crippen molar-refractivity contribution in [1.82, 2.24) is 10.3 Å². The largest absolute Gasteiger partial charge is 0.352 e. The number of anilines is 1. The van der Waals surface area contributed by atoms with Crippen molar-refractivity contribution in [2.45, 2.75) is 34.1 Å². The van der Waals surface area contributed by atoms with Crippen molar-refractivity contribution in [3.8, 4) is 0 Å². The van der Waals surface area contributed by atoms with Gasteiger partial charge in [0, 0.05) is 24.0 Å². The van der Waals surface area contributed by atoms with Gasteiger partial charge in [0.25, 0.3) is 11.8 Å². The third-order valence-electron chi connectivity index (χ3n) is 3.90. The van der Waals surface area contributed by atoms with Crippen molar-refractivity contribution in [3.63, 3.8) is 0 Å². The predicted octanol–water partition coefficient (Wildman–Crippen LogP) is 3.73. The standard InChI is InChI=1S/C20H25N3O2/c1-13(2)7-9-22-19(24)16-8-10-21-18(12-16)20(25)23-17-11-14(3)5-6-15(17)4/h5-6,8,10-13H,7,9H2,1-4H3,(H,22,24)(H,23,25). The predicted molar refractivity (Wildman–Crippen MR) is 99.9 cm³/mol. The maximum Gasteiger partial charge on any atom is 0.274 e. The Labute approximate surface area is 148 Å². The quantitative estimate of drug-likeness (QED) is 0.842. The van der Waals surface area contributed by atoms with E-state index in [1.807, 2.05) is 32.0 Å². The highest BCUT2D eigenvalue weighted by atomic mass is 16.2. The molecule has 132 valence electrons. The molecule has 25 heavy (non-hydrogen) atoms. The Kier molecular flexibility index (Phi) is 6.28. The molecule has 2 N–H and O–H groups in total. The highest BCUT2D eigenvalue weighted by Crippen LogP contribution is 2.17. The highest BCUT2D eigenvalue weighted by Gasteiger charge is 2.13. The van der Waals surface area contributed by atoms with E-state index in [1.165, 1.54) is 12.3 Å². The molecule has 0 saturated carbocycles. The Morgan fingerprint density at radius 1 is 1.08 bits per heavy atom. The monoisotopic (exact) mass is 339 g/mol. The van der Waals surface area contributed by atoms with Crippen LogP contribution in [0.5, 0.6) is 0 Å². The molecule has 1 aromatic heterocycles.